The molecule has 2 rings (SSSR count). The Labute approximate surface area is 141 Å². The maximum atomic E-state index is 12.5. The second-order valence-corrected chi connectivity index (χ2v) is 6.04. The average Bonchev–Trinajstić information content (AvgIpc) is 2.55. The zero-order chi connectivity index (χ0) is 17.0. The third-order valence-electron chi connectivity index (χ3n) is 3.37. The van der Waals surface area contributed by atoms with Crippen molar-refractivity contribution in [3.63, 3.8) is 0 Å². The smallest absolute Gasteiger partial charge is 0.277 e. The molecule has 0 fully saturated rings. The van der Waals surface area contributed by atoms with Gasteiger partial charge in [0.1, 0.15) is 10.7 Å². The predicted molar refractivity (Wildman–Crippen MR) is 96.1 cm³/mol. The summed E-state index contributed by atoms with van der Waals surface area (Å²) < 4.78 is 6.66. The third kappa shape index (κ3) is 3.96. The van der Waals surface area contributed by atoms with Crippen LogP contribution in [0.1, 0.15) is 19.4 Å². The molecule has 0 spiro atoms. The molecular formula is C17H21N3O2S. The number of aromatic nitrogens is 2. The van der Waals surface area contributed by atoms with Crippen molar-refractivity contribution in [2.45, 2.75) is 20.4 Å². The lowest BCUT2D eigenvalue weighted by Gasteiger charge is -2.13. The molecule has 122 valence electrons. The molecule has 0 unspecified atom stereocenters. The minimum atomic E-state index is -0.171. The van der Waals surface area contributed by atoms with Crippen molar-refractivity contribution in [1.82, 2.24) is 15.1 Å². The molecule has 0 radical (unpaired) electrons. The monoisotopic (exact) mass is 331 g/mol. The molecule has 5 nitrogen and oxygen atoms in total. The third-order valence-corrected chi connectivity index (χ3v) is 3.79. The Bertz CT molecular complexity index is 751. The van der Waals surface area contributed by atoms with E-state index in [-0.39, 0.29) is 5.56 Å². The van der Waals surface area contributed by atoms with E-state index in [4.69, 9.17) is 17.0 Å². The highest BCUT2D eigenvalue weighted by molar-refractivity contribution is 7.80. The Kier molecular flexibility index (Phi) is 5.50. The Morgan fingerprint density at radius 2 is 2.00 bits per heavy atom. The fraction of sp³-hybridized carbons (Fsp3) is 0.353. The zero-order valence-electron chi connectivity index (χ0n) is 13.8. The minimum Gasteiger partial charge on any atom is -0.497 e. The Balaban J connectivity index is 2.57. The second-order valence-electron chi connectivity index (χ2n) is 5.63. The largest absolute Gasteiger partial charge is 0.497 e. The van der Waals surface area contributed by atoms with Crippen LogP contribution in [0.25, 0.3) is 11.3 Å². The molecule has 23 heavy (non-hydrogen) atoms. The number of benzene rings is 1. The molecule has 0 bridgehead atoms. The number of ether oxygens (including phenoxy) is 1. The van der Waals surface area contributed by atoms with E-state index in [0.717, 1.165) is 11.3 Å². The highest BCUT2D eigenvalue weighted by Gasteiger charge is 2.14. The van der Waals surface area contributed by atoms with Crippen molar-refractivity contribution < 1.29 is 4.74 Å². The predicted octanol–water partition coefficient (Wildman–Crippen LogP) is 2.47. The molecule has 0 atom stereocenters. The first kappa shape index (κ1) is 17.1. The molecule has 0 saturated carbocycles. The summed E-state index contributed by atoms with van der Waals surface area (Å²) in [5.74, 6) is 1.08. The quantitative estimate of drug-likeness (QED) is 0.853. The molecule has 6 heteroatoms. The van der Waals surface area contributed by atoms with Gasteiger partial charge in [-0.1, -0.05) is 26.1 Å². The molecule has 1 aromatic heterocycles. The van der Waals surface area contributed by atoms with E-state index in [1.54, 1.807) is 20.2 Å². The number of hydrogen-bond donors (Lipinski definition) is 1. The van der Waals surface area contributed by atoms with E-state index in [1.807, 2.05) is 38.1 Å². The van der Waals surface area contributed by atoms with Crippen molar-refractivity contribution in [3.8, 4) is 17.0 Å². The van der Waals surface area contributed by atoms with Gasteiger partial charge in [0.15, 0.2) is 0 Å². The van der Waals surface area contributed by atoms with Crippen molar-refractivity contribution in [1.29, 1.82) is 0 Å². The van der Waals surface area contributed by atoms with Crippen molar-refractivity contribution in [2.24, 2.45) is 5.92 Å². The summed E-state index contributed by atoms with van der Waals surface area (Å²) in [6, 6.07) is 9.30. The summed E-state index contributed by atoms with van der Waals surface area (Å²) in [6.07, 6.45) is 0. The fourth-order valence-electron chi connectivity index (χ4n) is 2.21. The normalized spacial score (nSPS) is 10.7. The molecule has 0 aliphatic heterocycles. The van der Waals surface area contributed by atoms with Crippen LogP contribution in [-0.2, 0) is 6.54 Å². The standard InChI is InChI=1S/C17H21N3O2S/c1-11(2)10-20-17(21)14(16(23)18-3)9-15(19-20)12-5-7-13(22-4)8-6-12/h5-9,11H,10H2,1-4H3,(H,18,23). The highest BCUT2D eigenvalue weighted by Crippen LogP contribution is 2.20. The van der Waals surface area contributed by atoms with Crippen LogP contribution in [0.4, 0.5) is 0 Å². The number of methoxy groups -OCH3 is 1. The van der Waals surface area contributed by atoms with Gasteiger partial charge in [-0.3, -0.25) is 4.79 Å². The summed E-state index contributed by atoms with van der Waals surface area (Å²) in [6.45, 7) is 4.64. The van der Waals surface area contributed by atoms with Gasteiger partial charge in [-0.2, -0.15) is 5.10 Å². The van der Waals surface area contributed by atoms with E-state index >= 15 is 0 Å². The van der Waals surface area contributed by atoms with Gasteiger partial charge < -0.3 is 10.1 Å². The van der Waals surface area contributed by atoms with Crippen molar-refractivity contribution >= 4 is 17.2 Å². The van der Waals surface area contributed by atoms with Crippen LogP contribution in [0.3, 0.4) is 0 Å². The molecule has 1 heterocycles. The van der Waals surface area contributed by atoms with Gasteiger partial charge in [0.05, 0.1) is 18.4 Å². The summed E-state index contributed by atoms with van der Waals surface area (Å²) in [4.78, 5) is 13.0. The minimum absolute atomic E-state index is 0.171. The maximum absolute atomic E-state index is 12.5. The first-order chi connectivity index (χ1) is 11.0. The van der Waals surface area contributed by atoms with E-state index in [9.17, 15) is 4.79 Å². The van der Waals surface area contributed by atoms with E-state index < -0.39 is 0 Å². The van der Waals surface area contributed by atoms with Gasteiger partial charge in [0, 0.05) is 19.2 Å². The highest BCUT2D eigenvalue weighted by atomic mass is 32.1. The van der Waals surface area contributed by atoms with Crippen LogP contribution in [0.2, 0.25) is 0 Å². The average molecular weight is 331 g/mol. The summed E-state index contributed by atoms with van der Waals surface area (Å²) in [5.41, 5.74) is 1.91. The first-order valence-electron chi connectivity index (χ1n) is 7.45. The first-order valence-corrected chi connectivity index (χ1v) is 7.85. The van der Waals surface area contributed by atoms with Crippen LogP contribution in [0.5, 0.6) is 5.75 Å². The molecule has 1 N–H and O–H groups in total. The number of nitrogens with zero attached hydrogens (tertiary/aromatic N) is 2. The summed E-state index contributed by atoms with van der Waals surface area (Å²) in [7, 11) is 3.33. The Morgan fingerprint density at radius 1 is 1.35 bits per heavy atom. The number of rotatable bonds is 5. The van der Waals surface area contributed by atoms with Gasteiger partial charge in [-0.05, 0) is 36.2 Å². The van der Waals surface area contributed by atoms with Crippen molar-refractivity contribution in [3.05, 3.63) is 46.2 Å². The molecular weight excluding hydrogens is 310 g/mol. The molecule has 0 saturated heterocycles. The van der Waals surface area contributed by atoms with Crippen molar-refractivity contribution in [2.75, 3.05) is 14.2 Å². The SMILES string of the molecule is CNC(=S)c1cc(-c2ccc(OC)cc2)nn(CC(C)C)c1=O. The Hall–Kier alpha value is -2.21. The summed E-state index contributed by atoms with van der Waals surface area (Å²) >= 11 is 5.26. The molecule has 2 aromatic rings. The molecule has 0 aliphatic carbocycles. The van der Waals surface area contributed by atoms with Gasteiger partial charge in [0.2, 0.25) is 0 Å². The van der Waals surface area contributed by atoms with E-state index in [2.05, 4.69) is 10.4 Å². The molecule has 0 aliphatic rings. The van der Waals surface area contributed by atoms with Gasteiger partial charge >= 0.3 is 0 Å². The topological polar surface area (TPSA) is 56.1 Å². The van der Waals surface area contributed by atoms with Crippen LogP contribution in [0.15, 0.2) is 35.1 Å². The Morgan fingerprint density at radius 3 is 2.52 bits per heavy atom. The second kappa shape index (κ2) is 7.37. The summed E-state index contributed by atoms with van der Waals surface area (Å²) in [5, 5.41) is 7.36. The van der Waals surface area contributed by atoms with Gasteiger partial charge in [-0.25, -0.2) is 4.68 Å². The van der Waals surface area contributed by atoms with E-state index in [1.165, 1.54) is 4.68 Å². The van der Waals surface area contributed by atoms with Gasteiger partial charge in [-0.15, -0.1) is 0 Å². The lowest BCUT2D eigenvalue weighted by atomic mass is 10.1. The number of nitrogens with one attached hydrogen (secondary N) is 1. The van der Waals surface area contributed by atoms with Crippen LogP contribution in [0, 0.1) is 5.92 Å². The lowest BCUT2D eigenvalue weighted by molar-refractivity contribution is 0.415. The maximum Gasteiger partial charge on any atom is 0.277 e. The number of thiocarbonyl (C=S) groups is 1. The van der Waals surface area contributed by atoms with Gasteiger partial charge in [0.25, 0.3) is 5.56 Å². The number of hydrogen-bond acceptors (Lipinski definition) is 4. The van der Waals surface area contributed by atoms with Crippen LogP contribution < -0.4 is 15.6 Å². The van der Waals surface area contributed by atoms with Crippen LogP contribution >= 0.6 is 12.2 Å². The fourth-order valence-corrected chi connectivity index (χ4v) is 2.36. The van der Waals surface area contributed by atoms with E-state index in [0.29, 0.717) is 28.7 Å². The lowest BCUT2D eigenvalue weighted by Crippen LogP contribution is -2.33. The molecule has 1 aromatic carbocycles. The zero-order valence-corrected chi connectivity index (χ0v) is 14.6. The molecule has 0 amide bonds. The van der Waals surface area contributed by atoms with Crippen LogP contribution in [-0.4, -0.2) is 28.9 Å².